The minimum absolute atomic E-state index is 0.0368. The van der Waals surface area contributed by atoms with Gasteiger partial charge in [0, 0.05) is 0 Å². The molecular formula is C26H48O3SiSn. The number of hydrogen-bond acceptors (Lipinski definition) is 3. The number of methoxy groups -OCH3 is 1. The number of rotatable bonds is 17. The summed E-state index contributed by atoms with van der Waals surface area (Å²) < 4.78 is 25.1. The van der Waals surface area contributed by atoms with Crippen LogP contribution in [0.25, 0.3) is 0 Å². The molecule has 0 aliphatic carbocycles. The van der Waals surface area contributed by atoms with Gasteiger partial charge in [-0.15, -0.1) is 0 Å². The summed E-state index contributed by atoms with van der Waals surface area (Å²) in [5, 5.41) is 0. The molecule has 0 aliphatic rings. The summed E-state index contributed by atoms with van der Waals surface area (Å²) in [5.74, 6) is 1.72. The van der Waals surface area contributed by atoms with Crippen molar-refractivity contribution in [1.29, 1.82) is 0 Å². The third-order valence-electron chi connectivity index (χ3n) is 5.73. The third-order valence-corrected chi connectivity index (χ3v) is 20.9. The van der Waals surface area contributed by atoms with Crippen molar-refractivity contribution in [2.24, 2.45) is 0 Å². The van der Waals surface area contributed by atoms with Crippen LogP contribution in [0.4, 0.5) is 0 Å². The summed E-state index contributed by atoms with van der Waals surface area (Å²) in [5.41, 5.74) is 0. The summed E-state index contributed by atoms with van der Waals surface area (Å²) in [6.45, 7) is 14.4. The Morgan fingerprint density at radius 3 is 1.74 bits per heavy atom. The van der Waals surface area contributed by atoms with Gasteiger partial charge in [-0.2, -0.15) is 0 Å². The number of hydrogen-bond donors (Lipinski definition) is 0. The van der Waals surface area contributed by atoms with Crippen molar-refractivity contribution in [1.82, 2.24) is 0 Å². The third kappa shape index (κ3) is 12.4. The van der Waals surface area contributed by atoms with Gasteiger partial charge in [-0.25, -0.2) is 0 Å². The van der Waals surface area contributed by atoms with Crippen molar-refractivity contribution >= 4 is 26.7 Å². The predicted octanol–water partition coefficient (Wildman–Crippen LogP) is 8.24. The number of benzene rings is 1. The Morgan fingerprint density at radius 2 is 1.32 bits per heavy atom. The van der Waals surface area contributed by atoms with E-state index in [9.17, 15) is 0 Å². The molecule has 0 radical (unpaired) electrons. The van der Waals surface area contributed by atoms with Crippen molar-refractivity contribution < 1.29 is 13.9 Å². The van der Waals surface area contributed by atoms with Gasteiger partial charge in [-0.05, 0) is 0 Å². The van der Waals surface area contributed by atoms with Gasteiger partial charge in [-0.3, -0.25) is 0 Å². The first-order valence-electron chi connectivity index (χ1n) is 12.4. The Balaban J connectivity index is 3.00. The van der Waals surface area contributed by atoms with E-state index in [0.717, 1.165) is 11.5 Å². The molecule has 3 nitrogen and oxygen atoms in total. The fourth-order valence-electron chi connectivity index (χ4n) is 3.96. The summed E-state index contributed by atoms with van der Waals surface area (Å²) in [6.07, 6.45) is 10.5. The van der Waals surface area contributed by atoms with Crippen molar-refractivity contribution in [3.8, 4) is 11.5 Å². The van der Waals surface area contributed by atoms with Crippen molar-refractivity contribution in [3.05, 3.63) is 34.4 Å². The normalized spacial score (nSPS) is 13.5. The van der Waals surface area contributed by atoms with Gasteiger partial charge in [0.05, 0.1) is 0 Å². The van der Waals surface area contributed by atoms with Crippen LogP contribution in [0, 0.1) is 0 Å². The summed E-state index contributed by atoms with van der Waals surface area (Å²) in [7, 11) is 0.0131. The van der Waals surface area contributed by atoms with Gasteiger partial charge < -0.3 is 0 Å². The summed E-state index contributed by atoms with van der Waals surface area (Å²) in [6, 6.07) is 7.84. The molecule has 1 aromatic rings. The molecule has 0 bridgehead atoms. The fraction of sp³-hybridized carbons (Fsp3) is 0.692. The average molecular weight is 555 g/mol. The SMILES string of the molecule is CCC[CH2][Sn](/[CH]=C/C(COc1ccc(OC)cc1)O[Si](C)(C)C)([CH2]CCC)[CH2]CCC. The van der Waals surface area contributed by atoms with Gasteiger partial charge in [0.15, 0.2) is 0 Å². The Kier molecular flexibility index (Phi) is 14.2. The van der Waals surface area contributed by atoms with Crippen molar-refractivity contribution in [2.75, 3.05) is 13.7 Å². The maximum absolute atomic E-state index is 6.55. The molecule has 1 rings (SSSR count). The van der Waals surface area contributed by atoms with Crippen LogP contribution in [-0.4, -0.2) is 46.5 Å². The van der Waals surface area contributed by atoms with Gasteiger partial charge >= 0.3 is 199 Å². The molecule has 0 aromatic heterocycles. The zero-order valence-corrected chi connectivity index (χ0v) is 25.2. The first-order valence-corrected chi connectivity index (χ1v) is 23.5. The molecule has 0 amide bonds. The predicted molar refractivity (Wildman–Crippen MR) is 141 cm³/mol. The molecule has 0 N–H and O–H groups in total. The van der Waals surface area contributed by atoms with E-state index in [4.69, 9.17) is 13.9 Å². The molecule has 178 valence electrons. The standard InChI is InChI=1S/C14H21O3Si.3C4H9.Sn/c1-6-12(17-18(3,4)5)11-16-14-9-7-13(15-2)8-10-14;3*1-3-4-2;/h1,6-10,12H,11H2,2-5H3;3*1,3-4H2,2H3;. The van der Waals surface area contributed by atoms with Crippen LogP contribution in [0.15, 0.2) is 34.4 Å². The van der Waals surface area contributed by atoms with Gasteiger partial charge in [0.2, 0.25) is 0 Å². The molecule has 1 unspecified atom stereocenters. The molecule has 1 aromatic carbocycles. The maximum atomic E-state index is 6.55. The quantitative estimate of drug-likeness (QED) is 0.181. The summed E-state index contributed by atoms with van der Waals surface area (Å²) in [4.78, 5) is 0. The Labute approximate surface area is 198 Å². The second-order valence-electron chi connectivity index (χ2n) is 9.79. The second-order valence-corrected chi connectivity index (χ2v) is 27.3. The Hall–Kier alpha value is -0.464. The molecule has 0 spiro atoms. The first-order chi connectivity index (χ1) is 14.8. The van der Waals surface area contributed by atoms with Crippen LogP contribution in [0.5, 0.6) is 11.5 Å². The zero-order valence-electron chi connectivity index (χ0n) is 21.3. The van der Waals surface area contributed by atoms with Crippen LogP contribution in [-0.2, 0) is 4.43 Å². The molecular weight excluding hydrogens is 507 g/mol. The van der Waals surface area contributed by atoms with Crippen molar-refractivity contribution in [3.63, 3.8) is 0 Å². The number of unbranched alkanes of at least 4 members (excludes halogenated alkanes) is 3. The Bertz CT molecular complexity index is 588. The van der Waals surface area contributed by atoms with E-state index in [0.29, 0.717) is 6.61 Å². The van der Waals surface area contributed by atoms with E-state index in [2.05, 4.69) is 50.6 Å². The van der Waals surface area contributed by atoms with E-state index in [-0.39, 0.29) is 6.10 Å². The summed E-state index contributed by atoms with van der Waals surface area (Å²) >= 11 is -2.32. The van der Waals surface area contributed by atoms with Gasteiger partial charge in [0.25, 0.3) is 0 Å². The molecule has 31 heavy (non-hydrogen) atoms. The molecule has 0 saturated carbocycles. The monoisotopic (exact) mass is 556 g/mol. The molecule has 0 heterocycles. The van der Waals surface area contributed by atoms with E-state index in [1.54, 1.807) is 7.11 Å². The van der Waals surface area contributed by atoms with E-state index in [1.807, 2.05) is 24.3 Å². The fourth-order valence-corrected chi connectivity index (χ4v) is 19.4. The molecule has 0 aliphatic heterocycles. The molecule has 0 saturated heterocycles. The van der Waals surface area contributed by atoms with E-state index in [1.165, 1.54) is 51.8 Å². The van der Waals surface area contributed by atoms with E-state index < -0.39 is 26.7 Å². The second kappa shape index (κ2) is 15.4. The molecule has 0 fully saturated rings. The zero-order chi connectivity index (χ0) is 23.2. The average Bonchev–Trinajstić information content (AvgIpc) is 2.75. The van der Waals surface area contributed by atoms with Crippen LogP contribution < -0.4 is 9.47 Å². The van der Waals surface area contributed by atoms with Gasteiger partial charge in [-0.1, -0.05) is 0 Å². The van der Waals surface area contributed by atoms with Crippen LogP contribution in [0.1, 0.15) is 59.3 Å². The first kappa shape index (κ1) is 28.6. The van der Waals surface area contributed by atoms with Crippen LogP contribution in [0.3, 0.4) is 0 Å². The topological polar surface area (TPSA) is 27.7 Å². The van der Waals surface area contributed by atoms with E-state index >= 15 is 0 Å². The van der Waals surface area contributed by atoms with Crippen LogP contribution in [0.2, 0.25) is 33.0 Å². The molecule has 5 heteroatoms. The van der Waals surface area contributed by atoms with Gasteiger partial charge in [0.1, 0.15) is 0 Å². The minimum atomic E-state index is -2.32. The van der Waals surface area contributed by atoms with Crippen LogP contribution >= 0.6 is 0 Å². The van der Waals surface area contributed by atoms with Crippen molar-refractivity contribution in [2.45, 2.75) is 98.4 Å². The number of ether oxygens (including phenoxy) is 2. The Morgan fingerprint density at radius 1 is 0.839 bits per heavy atom. The molecule has 1 atom stereocenters.